The number of benzene rings is 4. The summed E-state index contributed by atoms with van der Waals surface area (Å²) < 4.78 is 0. The standard InChI is InChI=1S/C45H43N7O7/c1-26(49-35-13-9-12-31-39(35)45(59)52(44(31)58)36-21-22-38(54)51-43(36)57)37(53)14-7-4-8-23-47-41(55)28-17-15-27(16-18-28)29-19-20-34-32(24-29)40(33(25-48-34)42(56)46-2)50-30-10-5-3-6-11-30/h3,5-6,9-13,15-20,24-26,36,49H,4,7-8,14,21-23H2,1-2H3,(H,46,56)(H,47,55)(H,48,50)(H,51,54,57). The lowest BCUT2D eigenvalue weighted by Gasteiger charge is -2.27. The van der Waals surface area contributed by atoms with Crippen LogP contribution in [0.15, 0.2) is 97.2 Å². The Labute approximate surface area is 340 Å². The molecule has 0 radical (unpaired) electrons. The third-order valence-corrected chi connectivity index (χ3v) is 10.6. The minimum Gasteiger partial charge on any atom is -0.375 e. The maximum Gasteiger partial charge on any atom is 0.264 e. The number of unbranched alkanes of at least 4 members (excludes halogenated alkanes) is 2. The molecule has 1 saturated heterocycles. The normalized spacial score (nSPS) is 15.4. The fraction of sp³-hybridized carbons (Fsp3) is 0.244. The summed E-state index contributed by atoms with van der Waals surface area (Å²) in [6, 6.07) is 25.7. The zero-order valence-electron chi connectivity index (χ0n) is 32.6. The number of aromatic nitrogens is 1. The van der Waals surface area contributed by atoms with E-state index in [1.54, 1.807) is 44.4 Å². The van der Waals surface area contributed by atoms with Crippen LogP contribution in [0.2, 0.25) is 0 Å². The van der Waals surface area contributed by atoms with Crippen molar-refractivity contribution in [2.75, 3.05) is 24.2 Å². The molecule has 0 aliphatic carbocycles. The van der Waals surface area contributed by atoms with Crippen LogP contribution >= 0.6 is 0 Å². The third kappa shape index (κ3) is 8.56. The average Bonchev–Trinajstić information content (AvgIpc) is 3.50. The minimum absolute atomic E-state index is 0.0214. The first-order valence-electron chi connectivity index (χ1n) is 19.5. The second-order valence-corrected chi connectivity index (χ2v) is 14.5. The second kappa shape index (κ2) is 17.5. The number of nitrogens with one attached hydrogen (secondary N) is 5. The number of amides is 6. The van der Waals surface area contributed by atoms with Crippen molar-refractivity contribution in [3.05, 3.63) is 119 Å². The van der Waals surface area contributed by atoms with Gasteiger partial charge in [-0.05, 0) is 85.8 Å². The summed E-state index contributed by atoms with van der Waals surface area (Å²) in [4.78, 5) is 94.8. The number of hydrogen-bond acceptors (Lipinski definition) is 10. The van der Waals surface area contributed by atoms with Gasteiger partial charge < -0.3 is 21.3 Å². The van der Waals surface area contributed by atoms with Crippen molar-refractivity contribution in [3.8, 4) is 11.1 Å². The SMILES string of the molecule is CNC(=O)c1cnc2ccc(-c3ccc(C(=O)NCCCCCC(=O)C(C)Nc4cccc5c4C(=O)N(C4CCC(=O)NC4=O)C5=O)cc3)cc2c1Nc1ccccc1. The number of imide groups is 2. The van der Waals surface area contributed by atoms with Gasteiger partial charge in [0, 0.05) is 55.0 Å². The number of ketones is 1. The maximum absolute atomic E-state index is 13.4. The molecule has 14 nitrogen and oxygen atoms in total. The molecular weight excluding hydrogens is 751 g/mol. The van der Waals surface area contributed by atoms with Crippen LogP contribution in [0.25, 0.3) is 22.0 Å². The highest BCUT2D eigenvalue weighted by Crippen LogP contribution is 2.34. The first kappa shape index (κ1) is 40.0. The molecule has 1 fully saturated rings. The Kier molecular flexibility index (Phi) is 11.9. The van der Waals surface area contributed by atoms with E-state index in [1.807, 2.05) is 60.7 Å². The Balaban J connectivity index is 0.892. The van der Waals surface area contributed by atoms with Gasteiger partial charge in [0.2, 0.25) is 11.8 Å². The molecule has 6 amide bonds. The number of anilines is 3. The molecule has 2 aliphatic heterocycles. The second-order valence-electron chi connectivity index (χ2n) is 14.5. The lowest BCUT2D eigenvalue weighted by atomic mass is 9.99. The topological polar surface area (TPSA) is 196 Å². The van der Waals surface area contributed by atoms with Crippen LogP contribution < -0.4 is 26.6 Å². The molecule has 5 aromatic rings. The van der Waals surface area contributed by atoms with Gasteiger partial charge in [-0.2, -0.15) is 0 Å². The molecule has 7 rings (SSSR count). The van der Waals surface area contributed by atoms with Gasteiger partial charge in [0.15, 0.2) is 5.78 Å². The van der Waals surface area contributed by atoms with Crippen LogP contribution in [0.3, 0.4) is 0 Å². The quantitative estimate of drug-likeness (QED) is 0.0642. The van der Waals surface area contributed by atoms with E-state index < -0.39 is 35.7 Å². The number of hydrogen-bond donors (Lipinski definition) is 5. The summed E-state index contributed by atoms with van der Waals surface area (Å²) in [5.74, 6) is -2.95. The van der Waals surface area contributed by atoms with Crippen molar-refractivity contribution in [2.45, 2.75) is 57.5 Å². The molecule has 2 aliphatic rings. The number of rotatable bonds is 15. The van der Waals surface area contributed by atoms with Gasteiger partial charge in [0.1, 0.15) is 6.04 Å². The molecule has 5 N–H and O–H groups in total. The van der Waals surface area contributed by atoms with Gasteiger partial charge in [0.25, 0.3) is 23.6 Å². The van der Waals surface area contributed by atoms with Crippen molar-refractivity contribution in [1.82, 2.24) is 25.8 Å². The molecule has 2 unspecified atom stereocenters. The molecule has 14 heteroatoms. The molecule has 0 bridgehead atoms. The number of fused-ring (bicyclic) bond motifs is 2. The number of pyridine rings is 1. The van der Waals surface area contributed by atoms with Gasteiger partial charge in [-0.15, -0.1) is 0 Å². The van der Waals surface area contributed by atoms with Gasteiger partial charge in [-0.3, -0.25) is 48.8 Å². The monoisotopic (exact) mass is 793 g/mol. The summed E-state index contributed by atoms with van der Waals surface area (Å²) in [7, 11) is 1.58. The number of piperidine rings is 1. The highest BCUT2D eigenvalue weighted by molar-refractivity contribution is 6.25. The van der Waals surface area contributed by atoms with E-state index in [1.165, 1.54) is 6.07 Å². The molecule has 1 aromatic heterocycles. The van der Waals surface area contributed by atoms with Crippen LogP contribution in [0.5, 0.6) is 0 Å². The molecule has 59 heavy (non-hydrogen) atoms. The zero-order chi connectivity index (χ0) is 41.6. The fourth-order valence-electron chi connectivity index (χ4n) is 7.36. The van der Waals surface area contributed by atoms with E-state index in [0.29, 0.717) is 48.3 Å². The van der Waals surface area contributed by atoms with E-state index in [9.17, 15) is 33.6 Å². The highest BCUT2D eigenvalue weighted by Gasteiger charge is 2.45. The molecule has 0 spiro atoms. The van der Waals surface area contributed by atoms with E-state index in [-0.39, 0.29) is 48.0 Å². The number of carbonyl (C=O) groups is 7. The Morgan fingerprint density at radius 3 is 2.36 bits per heavy atom. The largest absolute Gasteiger partial charge is 0.375 e. The van der Waals surface area contributed by atoms with E-state index in [4.69, 9.17) is 0 Å². The van der Waals surface area contributed by atoms with Crippen molar-refractivity contribution in [1.29, 1.82) is 0 Å². The van der Waals surface area contributed by atoms with Crippen LogP contribution in [0.1, 0.15) is 86.9 Å². The predicted octanol–water partition coefficient (Wildman–Crippen LogP) is 5.77. The van der Waals surface area contributed by atoms with Crippen LogP contribution in [-0.2, 0) is 14.4 Å². The fourth-order valence-corrected chi connectivity index (χ4v) is 7.36. The lowest BCUT2D eigenvalue weighted by molar-refractivity contribution is -0.136. The van der Waals surface area contributed by atoms with Gasteiger partial charge in [-0.25, -0.2) is 0 Å². The Bertz CT molecular complexity index is 2490. The molecule has 3 heterocycles. The summed E-state index contributed by atoms with van der Waals surface area (Å²) in [6.07, 6.45) is 3.87. The van der Waals surface area contributed by atoms with E-state index in [2.05, 4.69) is 31.6 Å². The Morgan fingerprint density at radius 1 is 0.847 bits per heavy atom. The van der Waals surface area contributed by atoms with Gasteiger partial charge in [-0.1, -0.05) is 48.9 Å². The smallest absolute Gasteiger partial charge is 0.264 e. The van der Waals surface area contributed by atoms with Crippen LogP contribution in [0.4, 0.5) is 17.1 Å². The third-order valence-electron chi connectivity index (χ3n) is 10.6. The highest BCUT2D eigenvalue weighted by atomic mass is 16.2. The zero-order valence-corrected chi connectivity index (χ0v) is 32.6. The van der Waals surface area contributed by atoms with Gasteiger partial charge in [0.05, 0.1) is 33.9 Å². The molecule has 0 saturated carbocycles. The first-order valence-corrected chi connectivity index (χ1v) is 19.5. The average molecular weight is 794 g/mol. The minimum atomic E-state index is -1.08. The molecule has 2 atom stereocenters. The van der Waals surface area contributed by atoms with E-state index in [0.717, 1.165) is 32.6 Å². The Hall–Kier alpha value is -7.22. The number of nitrogens with zero attached hydrogens (tertiary/aromatic N) is 2. The van der Waals surface area contributed by atoms with Gasteiger partial charge >= 0.3 is 0 Å². The summed E-state index contributed by atoms with van der Waals surface area (Å²) in [6.45, 7) is 2.12. The number of carbonyl (C=O) groups excluding carboxylic acids is 7. The molecule has 300 valence electrons. The summed E-state index contributed by atoms with van der Waals surface area (Å²) >= 11 is 0. The van der Waals surface area contributed by atoms with Crippen LogP contribution in [0, 0.1) is 0 Å². The summed E-state index contributed by atoms with van der Waals surface area (Å²) in [5, 5.41) is 15.1. The van der Waals surface area contributed by atoms with Crippen molar-refractivity contribution >= 4 is 69.2 Å². The van der Waals surface area contributed by atoms with Crippen LogP contribution in [-0.4, -0.2) is 76.8 Å². The first-order chi connectivity index (χ1) is 28.5. The van der Waals surface area contributed by atoms with Crippen molar-refractivity contribution in [3.63, 3.8) is 0 Å². The van der Waals surface area contributed by atoms with Crippen molar-refractivity contribution in [2.24, 2.45) is 0 Å². The molecule has 4 aromatic carbocycles. The number of Topliss-reactive ketones (excluding diaryl/α,β-unsaturated/α-hetero) is 1. The number of para-hydroxylation sites is 1. The lowest BCUT2D eigenvalue weighted by Crippen LogP contribution is -2.54. The maximum atomic E-state index is 13.4. The van der Waals surface area contributed by atoms with Crippen molar-refractivity contribution < 1.29 is 33.6 Å². The molecular formula is C45H43N7O7. The summed E-state index contributed by atoms with van der Waals surface area (Å²) in [5.41, 5.74) is 5.45. The Morgan fingerprint density at radius 2 is 1.61 bits per heavy atom. The predicted molar refractivity (Wildman–Crippen MR) is 222 cm³/mol. The van der Waals surface area contributed by atoms with E-state index >= 15 is 0 Å².